The largest absolute Gasteiger partial charge is 0.397 e. The summed E-state index contributed by atoms with van der Waals surface area (Å²) in [4.78, 5) is 12.9. The number of nitrogens with two attached hydrogens (primary N) is 1. The third-order valence-corrected chi connectivity index (χ3v) is 5.37. The number of nitrogens with one attached hydrogen (secondary N) is 1. The quantitative estimate of drug-likeness (QED) is 0.896. The Balaban J connectivity index is 1.93. The lowest BCUT2D eigenvalue weighted by Gasteiger charge is -2.28. The minimum absolute atomic E-state index is 0.0468. The molecular weight excluding hydrogens is 291 g/mol. The van der Waals surface area contributed by atoms with Gasteiger partial charge in [-0.25, -0.2) is 4.39 Å². The number of anilines is 1. The van der Waals surface area contributed by atoms with Crippen molar-refractivity contribution in [2.75, 3.05) is 12.3 Å². The van der Waals surface area contributed by atoms with Gasteiger partial charge < -0.3 is 15.8 Å². The molecule has 0 radical (unpaired) electrons. The first-order valence-electron chi connectivity index (χ1n) is 6.82. The Kier molecular flexibility index (Phi) is 3.37. The lowest BCUT2D eigenvalue weighted by atomic mass is 9.94. The number of carbonyl (C=O) groups is 1. The molecule has 2 aromatic rings. The van der Waals surface area contributed by atoms with E-state index in [0.29, 0.717) is 22.6 Å². The molecule has 1 aromatic carbocycles. The summed E-state index contributed by atoms with van der Waals surface area (Å²) in [7, 11) is 0. The predicted octanol–water partition coefficient (Wildman–Crippen LogP) is 2.92. The van der Waals surface area contributed by atoms with Crippen LogP contribution in [0.4, 0.5) is 10.1 Å². The zero-order chi connectivity index (χ0) is 15.2. The zero-order valence-electron chi connectivity index (χ0n) is 11.9. The molecule has 1 aromatic heterocycles. The van der Waals surface area contributed by atoms with Gasteiger partial charge in [-0.05, 0) is 38.5 Å². The van der Waals surface area contributed by atoms with E-state index in [1.165, 1.54) is 23.5 Å². The van der Waals surface area contributed by atoms with E-state index < -0.39 is 5.54 Å². The van der Waals surface area contributed by atoms with Crippen LogP contribution in [0.25, 0.3) is 10.1 Å². The second-order valence-electron chi connectivity index (χ2n) is 5.62. The average molecular weight is 308 g/mol. The van der Waals surface area contributed by atoms with Gasteiger partial charge in [0.1, 0.15) is 10.7 Å². The lowest BCUT2D eigenvalue weighted by Crippen LogP contribution is -2.50. The van der Waals surface area contributed by atoms with Gasteiger partial charge >= 0.3 is 0 Å². The number of benzene rings is 1. The molecule has 6 heteroatoms. The fraction of sp³-hybridized carbons (Fsp3) is 0.400. The maximum Gasteiger partial charge on any atom is 0.264 e. The monoisotopic (exact) mass is 308 g/mol. The van der Waals surface area contributed by atoms with Gasteiger partial charge in [0.05, 0.1) is 17.3 Å². The number of halogens is 1. The van der Waals surface area contributed by atoms with Crippen LogP contribution in [-0.2, 0) is 4.74 Å². The summed E-state index contributed by atoms with van der Waals surface area (Å²) in [5.41, 5.74) is 5.95. The number of thiophene rings is 1. The van der Waals surface area contributed by atoms with E-state index >= 15 is 0 Å². The minimum Gasteiger partial charge on any atom is -0.397 e. The van der Waals surface area contributed by atoms with Crippen LogP contribution in [0.3, 0.4) is 0 Å². The number of ether oxygens (including phenoxy) is 1. The van der Waals surface area contributed by atoms with Crippen molar-refractivity contribution in [2.45, 2.75) is 31.9 Å². The third kappa shape index (κ3) is 2.38. The number of amides is 1. The molecule has 2 heterocycles. The van der Waals surface area contributed by atoms with E-state index in [-0.39, 0.29) is 17.8 Å². The van der Waals surface area contributed by atoms with E-state index in [2.05, 4.69) is 5.32 Å². The fourth-order valence-corrected chi connectivity index (χ4v) is 3.57. The van der Waals surface area contributed by atoms with Gasteiger partial charge in [-0.1, -0.05) is 0 Å². The molecule has 112 valence electrons. The smallest absolute Gasteiger partial charge is 0.264 e. The van der Waals surface area contributed by atoms with Gasteiger partial charge in [0, 0.05) is 16.7 Å². The van der Waals surface area contributed by atoms with Crippen LogP contribution >= 0.6 is 11.3 Å². The van der Waals surface area contributed by atoms with Gasteiger partial charge in [0.25, 0.3) is 5.91 Å². The SMILES string of the molecule is CC1OCCC1(C)NC(=O)c1sc2ccc(F)cc2c1N. The molecule has 1 fully saturated rings. The highest BCUT2D eigenvalue weighted by Crippen LogP contribution is 2.35. The Hall–Kier alpha value is -1.66. The van der Waals surface area contributed by atoms with Crippen molar-refractivity contribution in [2.24, 2.45) is 0 Å². The number of hydrogen-bond acceptors (Lipinski definition) is 4. The van der Waals surface area contributed by atoms with Crippen LogP contribution in [-0.4, -0.2) is 24.2 Å². The summed E-state index contributed by atoms with van der Waals surface area (Å²) in [6, 6.07) is 4.38. The van der Waals surface area contributed by atoms with Gasteiger partial charge in [-0.2, -0.15) is 0 Å². The van der Waals surface area contributed by atoms with Crippen LogP contribution in [0.1, 0.15) is 29.9 Å². The van der Waals surface area contributed by atoms with Crippen molar-refractivity contribution in [3.8, 4) is 0 Å². The molecule has 2 atom stereocenters. The average Bonchev–Trinajstić information content (AvgIpc) is 2.92. The maximum atomic E-state index is 13.3. The highest BCUT2D eigenvalue weighted by molar-refractivity contribution is 7.21. The summed E-state index contributed by atoms with van der Waals surface area (Å²) < 4.78 is 19.6. The van der Waals surface area contributed by atoms with E-state index in [9.17, 15) is 9.18 Å². The number of fused-ring (bicyclic) bond motifs is 1. The molecule has 0 aliphatic carbocycles. The zero-order valence-corrected chi connectivity index (χ0v) is 12.7. The Bertz CT molecular complexity index is 715. The van der Waals surface area contributed by atoms with E-state index in [1.807, 2.05) is 13.8 Å². The molecule has 0 spiro atoms. The number of rotatable bonds is 2. The van der Waals surface area contributed by atoms with Gasteiger partial charge in [-0.15, -0.1) is 11.3 Å². The standard InChI is InChI=1S/C15H17FN2O2S/c1-8-15(2,5-6-20-8)18-14(19)13-12(17)10-7-9(16)3-4-11(10)21-13/h3-4,7-8H,5-6,17H2,1-2H3,(H,18,19). The first-order valence-corrected chi connectivity index (χ1v) is 7.64. The van der Waals surface area contributed by atoms with Gasteiger partial charge in [0.2, 0.25) is 0 Å². The summed E-state index contributed by atoms with van der Waals surface area (Å²) >= 11 is 1.28. The summed E-state index contributed by atoms with van der Waals surface area (Å²) in [6.45, 7) is 4.54. The highest BCUT2D eigenvalue weighted by Gasteiger charge is 2.39. The molecule has 1 aliphatic rings. The Labute approximate surface area is 126 Å². The first kappa shape index (κ1) is 14.3. The number of nitrogen functional groups attached to an aromatic ring is 1. The van der Waals surface area contributed by atoms with Crippen LogP contribution in [0.2, 0.25) is 0 Å². The molecule has 1 aliphatic heterocycles. The minimum atomic E-state index is -0.398. The molecule has 1 amide bonds. The second-order valence-corrected chi connectivity index (χ2v) is 6.67. The Morgan fingerprint density at radius 3 is 3.00 bits per heavy atom. The van der Waals surface area contributed by atoms with Crippen molar-refractivity contribution < 1.29 is 13.9 Å². The molecule has 1 saturated heterocycles. The van der Waals surface area contributed by atoms with Crippen LogP contribution < -0.4 is 11.1 Å². The summed E-state index contributed by atoms with van der Waals surface area (Å²) in [6.07, 6.45) is 0.716. The first-order chi connectivity index (χ1) is 9.90. The number of carbonyl (C=O) groups excluding carboxylic acids is 1. The highest BCUT2D eigenvalue weighted by atomic mass is 32.1. The predicted molar refractivity (Wildman–Crippen MR) is 82.1 cm³/mol. The Morgan fingerprint density at radius 1 is 1.57 bits per heavy atom. The molecular formula is C15H17FN2O2S. The van der Waals surface area contributed by atoms with E-state index in [0.717, 1.165) is 11.1 Å². The topological polar surface area (TPSA) is 64.3 Å². The molecule has 3 N–H and O–H groups in total. The summed E-state index contributed by atoms with van der Waals surface area (Å²) in [5.74, 6) is -0.585. The van der Waals surface area contributed by atoms with Crippen molar-refractivity contribution >= 4 is 33.0 Å². The Morgan fingerprint density at radius 2 is 2.33 bits per heavy atom. The molecule has 2 unspecified atom stereocenters. The fourth-order valence-electron chi connectivity index (χ4n) is 2.57. The third-order valence-electron chi connectivity index (χ3n) is 4.18. The van der Waals surface area contributed by atoms with Crippen LogP contribution in [0.5, 0.6) is 0 Å². The van der Waals surface area contributed by atoms with Gasteiger partial charge in [-0.3, -0.25) is 4.79 Å². The van der Waals surface area contributed by atoms with Gasteiger partial charge in [0.15, 0.2) is 0 Å². The van der Waals surface area contributed by atoms with Crippen LogP contribution in [0, 0.1) is 5.82 Å². The second kappa shape index (κ2) is 4.96. The van der Waals surface area contributed by atoms with Crippen molar-refractivity contribution in [1.82, 2.24) is 5.32 Å². The van der Waals surface area contributed by atoms with Crippen molar-refractivity contribution in [3.05, 3.63) is 28.9 Å². The number of hydrogen-bond donors (Lipinski definition) is 2. The summed E-state index contributed by atoms with van der Waals surface area (Å²) in [5, 5.41) is 3.60. The normalized spacial score (nSPS) is 25.4. The van der Waals surface area contributed by atoms with E-state index in [4.69, 9.17) is 10.5 Å². The lowest BCUT2D eigenvalue weighted by molar-refractivity contribution is 0.0731. The molecule has 4 nitrogen and oxygen atoms in total. The maximum absolute atomic E-state index is 13.3. The van der Waals surface area contributed by atoms with E-state index in [1.54, 1.807) is 6.07 Å². The van der Waals surface area contributed by atoms with Crippen molar-refractivity contribution in [1.29, 1.82) is 0 Å². The molecule has 0 saturated carbocycles. The molecule has 0 bridgehead atoms. The molecule has 3 rings (SSSR count). The van der Waals surface area contributed by atoms with Crippen molar-refractivity contribution in [3.63, 3.8) is 0 Å². The molecule has 21 heavy (non-hydrogen) atoms. The van der Waals surface area contributed by atoms with Crippen LogP contribution in [0.15, 0.2) is 18.2 Å².